The Labute approximate surface area is 130 Å². The smallest absolute Gasteiger partial charge is 0.130 e. The molecule has 2 aromatic rings. The second-order valence-electron chi connectivity index (χ2n) is 4.50. The molecule has 1 unspecified atom stereocenters. The maximum absolute atomic E-state index is 13.6. The van der Waals surface area contributed by atoms with E-state index in [0.29, 0.717) is 17.1 Å². The van der Waals surface area contributed by atoms with E-state index in [1.807, 2.05) is 25.1 Å². The van der Waals surface area contributed by atoms with Crippen LogP contribution < -0.4 is 5.32 Å². The number of hydrogen-bond acceptors (Lipinski definition) is 1. The van der Waals surface area contributed by atoms with Crippen molar-refractivity contribution in [2.45, 2.75) is 19.5 Å². The Hall–Kier alpha value is -0.970. The van der Waals surface area contributed by atoms with Crippen LogP contribution in [0, 0.1) is 11.6 Å². The molecule has 0 aliphatic rings. The van der Waals surface area contributed by atoms with Crippen molar-refractivity contribution in [3.8, 4) is 0 Å². The monoisotopic (exact) mass is 359 g/mol. The third-order valence-corrected chi connectivity index (χ3v) is 3.89. The third kappa shape index (κ3) is 3.78. The van der Waals surface area contributed by atoms with Gasteiger partial charge in [-0.3, -0.25) is 0 Å². The van der Waals surface area contributed by atoms with Gasteiger partial charge in [0.2, 0.25) is 0 Å². The van der Waals surface area contributed by atoms with Gasteiger partial charge < -0.3 is 5.32 Å². The van der Waals surface area contributed by atoms with Gasteiger partial charge in [-0.25, -0.2) is 8.78 Å². The average molecular weight is 361 g/mol. The molecule has 1 nitrogen and oxygen atoms in total. The molecule has 2 aromatic carbocycles. The lowest BCUT2D eigenvalue weighted by Crippen LogP contribution is -2.19. The Bertz CT molecular complexity index is 619. The summed E-state index contributed by atoms with van der Waals surface area (Å²) in [5.41, 5.74) is 1.35. The van der Waals surface area contributed by atoms with E-state index in [9.17, 15) is 8.78 Å². The number of nitrogens with one attached hydrogen (secondary N) is 1. The first-order valence-corrected chi connectivity index (χ1v) is 7.26. The molecule has 20 heavy (non-hydrogen) atoms. The van der Waals surface area contributed by atoms with Crippen molar-refractivity contribution in [2.75, 3.05) is 0 Å². The fourth-order valence-electron chi connectivity index (χ4n) is 1.89. The molecule has 5 heteroatoms. The summed E-state index contributed by atoms with van der Waals surface area (Å²) in [4.78, 5) is 0. The Kier molecular flexibility index (Phi) is 5.13. The van der Waals surface area contributed by atoms with Crippen LogP contribution >= 0.6 is 27.5 Å². The van der Waals surface area contributed by atoms with Crippen molar-refractivity contribution in [1.82, 2.24) is 5.32 Å². The first-order chi connectivity index (χ1) is 9.47. The van der Waals surface area contributed by atoms with Crippen LogP contribution in [-0.2, 0) is 6.54 Å². The fraction of sp³-hybridized carbons (Fsp3) is 0.200. The molecular formula is C15H13BrClF2N. The Morgan fingerprint density at radius 2 is 1.95 bits per heavy atom. The predicted octanol–water partition coefficient (Wildman–Crippen LogP) is 5.23. The highest BCUT2D eigenvalue weighted by molar-refractivity contribution is 9.10. The normalized spacial score (nSPS) is 12.4. The molecule has 106 valence electrons. The van der Waals surface area contributed by atoms with E-state index in [1.165, 1.54) is 12.1 Å². The average Bonchev–Trinajstić information content (AvgIpc) is 2.37. The standard InChI is InChI=1S/C15H13BrClF2N/c1-9(13-5-4-12(18)7-15(13)19)20-8-10-2-3-11(16)6-14(10)17/h2-7,9,20H,8H2,1H3. The highest BCUT2D eigenvalue weighted by atomic mass is 79.9. The van der Waals surface area contributed by atoms with E-state index in [4.69, 9.17) is 11.6 Å². The zero-order chi connectivity index (χ0) is 14.7. The molecule has 0 saturated carbocycles. The van der Waals surface area contributed by atoms with Gasteiger partial charge in [-0.15, -0.1) is 0 Å². The van der Waals surface area contributed by atoms with Gasteiger partial charge in [0.05, 0.1) is 0 Å². The Morgan fingerprint density at radius 1 is 1.20 bits per heavy atom. The molecule has 2 rings (SSSR count). The molecule has 1 atom stereocenters. The van der Waals surface area contributed by atoms with Crippen LogP contribution in [0.2, 0.25) is 5.02 Å². The van der Waals surface area contributed by atoms with Gasteiger partial charge >= 0.3 is 0 Å². The summed E-state index contributed by atoms with van der Waals surface area (Å²) < 4.78 is 27.4. The van der Waals surface area contributed by atoms with Crippen molar-refractivity contribution in [3.05, 3.63) is 68.7 Å². The van der Waals surface area contributed by atoms with Gasteiger partial charge in [0.15, 0.2) is 0 Å². The van der Waals surface area contributed by atoms with E-state index in [2.05, 4.69) is 21.2 Å². The molecule has 0 aromatic heterocycles. The second kappa shape index (κ2) is 6.66. The van der Waals surface area contributed by atoms with Crippen molar-refractivity contribution < 1.29 is 8.78 Å². The van der Waals surface area contributed by atoms with Gasteiger partial charge in [-0.1, -0.05) is 39.7 Å². The van der Waals surface area contributed by atoms with Gasteiger partial charge in [0, 0.05) is 33.7 Å². The molecule has 1 N–H and O–H groups in total. The highest BCUT2D eigenvalue weighted by Crippen LogP contribution is 2.23. The zero-order valence-corrected chi connectivity index (χ0v) is 13.1. The minimum Gasteiger partial charge on any atom is -0.306 e. The van der Waals surface area contributed by atoms with Gasteiger partial charge in [0.1, 0.15) is 11.6 Å². The molecule has 0 heterocycles. The largest absolute Gasteiger partial charge is 0.306 e. The van der Waals surface area contributed by atoms with Crippen LogP contribution in [0.25, 0.3) is 0 Å². The Balaban J connectivity index is 2.06. The summed E-state index contributed by atoms with van der Waals surface area (Å²) in [7, 11) is 0. The molecule has 0 aliphatic carbocycles. The summed E-state index contributed by atoms with van der Waals surface area (Å²) in [6.45, 7) is 2.33. The molecule has 0 spiro atoms. The molecule has 0 radical (unpaired) electrons. The maximum atomic E-state index is 13.6. The summed E-state index contributed by atoms with van der Waals surface area (Å²) in [6.07, 6.45) is 0. The molecular weight excluding hydrogens is 348 g/mol. The Morgan fingerprint density at radius 3 is 2.60 bits per heavy atom. The van der Waals surface area contributed by atoms with E-state index in [0.717, 1.165) is 16.1 Å². The lowest BCUT2D eigenvalue weighted by atomic mass is 10.1. The second-order valence-corrected chi connectivity index (χ2v) is 5.83. The molecule has 0 aliphatic heterocycles. The topological polar surface area (TPSA) is 12.0 Å². The maximum Gasteiger partial charge on any atom is 0.130 e. The minimum atomic E-state index is -0.575. The van der Waals surface area contributed by atoms with Crippen molar-refractivity contribution in [2.24, 2.45) is 0 Å². The van der Waals surface area contributed by atoms with Crippen molar-refractivity contribution in [3.63, 3.8) is 0 Å². The van der Waals surface area contributed by atoms with E-state index in [-0.39, 0.29) is 6.04 Å². The van der Waals surface area contributed by atoms with Crippen molar-refractivity contribution in [1.29, 1.82) is 0 Å². The number of hydrogen-bond donors (Lipinski definition) is 1. The number of benzene rings is 2. The quantitative estimate of drug-likeness (QED) is 0.787. The molecule has 0 amide bonds. The van der Waals surface area contributed by atoms with E-state index >= 15 is 0 Å². The van der Waals surface area contributed by atoms with Gasteiger partial charge in [-0.05, 0) is 30.7 Å². The molecule has 0 saturated heterocycles. The lowest BCUT2D eigenvalue weighted by molar-refractivity contribution is 0.518. The zero-order valence-electron chi connectivity index (χ0n) is 10.8. The van der Waals surface area contributed by atoms with E-state index in [1.54, 1.807) is 0 Å². The first-order valence-electron chi connectivity index (χ1n) is 6.09. The van der Waals surface area contributed by atoms with Crippen LogP contribution in [-0.4, -0.2) is 0 Å². The van der Waals surface area contributed by atoms with Crippen LogP contribution in [0.3, 0.4) is 0 Å². The summed E-state index contributed by atoms with van der Waals surface area (Å²) in [5.74, 6) is -1.12. The predicted molar refractivity (Wildman–Crippen MR) is 80.8 cm³/mol. The molecule has 0 fully saturated rings. The SMILES string of the molecule is CC(NCc1ccc(Br)cc1Cl)c1ccc(F)cc1F. The van der Waals surface area contributed by atoms with Crippen molar-refractivity contribution >= 4 is 27.5 Å². The van der Waals surface area contributed by atoms with Crippen LogP contribution in [0.1, 0.15) is 24.1 Å². The molecule has 0 bridgehead atoms. The first kappa shape index (κ1) is 15.4. The van der Waals surface area contributed by atoms with Gasteiger partial charge in [0.25, 0.3) is 0 Å². The summed E-state index contributed by atoms with van der Waals surface area (Å²) >= 11 is 9.46. The lowest BCUT2D eigenvalue weighted by Gasteiger charge is -2.16. The third-order valence-electron chi connectivity index (χ3n) is 3.04. The summed E-state index contributed by atoms with van der Waals surface area (Å²) in [5, 5.41) is 3.81. The number of halogens is 4. The highest BCUT2D eigenvalue weighted by Gasteiger charge is 2.12. The van der Waals surface area contributed by atoms with Crippen LogP contribution in [0.15, 0.2) is 40.9 Å². The van der Waals surface area contributed by atoms with E-state index < -0.39 is 11.6 Å². The fourth-order valence-corrected chi connectivity index (χ4v) is 2.63. The number of rotatable bonds is 4. The minimum absolute atomic E-state index is 0.240. The van der Waals surface area contributed by atoms with Crippen LogP contribution in [0.5, 0.6) is 0 Å². The van der Waals surface area contributed by atoms with Crippen LogP contribution in [0.4, 0.5) is 8.78 Å². The summed E-state index contributed by atoms with van der Waals surface area (Å²) in [6, 6.07) is 8.95. The van der Waals surface area contributed by atoms with Gasteiger partial charge in [-0.2, -0.15) is 0 Å².